The van der Waals surface area contributed by atoms with Crippen molar-refractivity contribution in [1.82, 2.24) is 14.7 Å². The lowest BCUT2D eigenvalue weighted by Crippen LogP contribution is -2.43. The zero-order chi connectivity index (χ0) is 17.8. The lowest BCUT2D eigenvalue weighted by atomic mass is 10.0. The minimum Gasteiger partial charge on any atom is -0.342 e. The molecule has 4 heteroatoms. The number of benzene rings is 1. The number of rotatable bonds is 4. The lowest BCUT2D eigenvalue weighted by molar-refractivity contribution is -0.128. The van der Waals surface area contributed by atoms with Gasteiger partial charge in [-0.05, 0) is 31.2 Å². The first-order valence-electron chi connectivity index (χ1n) is 9.80. The summed E-state index contributed by atoms with van der Waals surface area (Å²) in [5.74, 6) is 0.933. The average molecular weight is 344 g/mol. The molecule has 0 bridgehead atoms. The normalized spacial score (nSPS) is 26.0. The van der Waals surface area contributed by atoms with Gasteiger partial charge in [0.2, 0.25) is 5.91 Å². The fraction of sp³-hybridized carbons (Fsp3) is 0.667. The minimum atomic E-state index is 0.223. The molecular weight excluding hydrogens is 310 g/mol. The molecule has 0 unspecified atom stereocenters. The first-order chi connectivity index (χ1) is 12.0. The molecule has 25 heavy (non-hydrogen) atoms. The summed E-state index contributed by atoms with van der Waals surface area (Å²) in [7, 11) is 0. The van der Waals surface area contributed by atoms with E-state index in [0.717, 1.165) is 45.6 Å². The zero-order valence-corrected chi connectivity index (χ0v) is 16.1. The first-order valence-corrected chi connectivity index (χ1v) is 9.80. The van der Waals surface area contributed by atoms with Crippen LogP contribution in [0.4, 0.5) is 0 Å². The summed E-state index contributed by atoms with van der Waals surface area (Å²) in [6, 6.07) is 9.59. The van der Waals surface area contributed by atoms with E-state index in [1.807, 2.05) is 4.90 Å². The van der Waals surface area contributed by atoms with E-state index in [2.05, 4.69) is 47.9 Å². The number of hydrogen-bond acceptors (Lipinski definition) is 3. The van der Waals surface area contributed by atoms with Gasteiger partial charge >= 0.3 is 0 Å². The van der Waals surface area contributed by atoms with Crippen LogP contribution in [0.3, 0.4) is 0 Å². The van der Waals surface area contributed by atoms with Crippen molar-refractivity contribution in [2.75, 3.05) is 45.8 Å². The minimum absolute atomic E-state index is 0.223. The molecule has 1 aromatic rings. The van der Waals surface area contributed by atoms with E-state index >= 15 is 0 Å². The molecule has 3 rings (SSSR count). The molecule has 0 spiro atoms. The molecule has 1 aromatic carbocycles. The standard InChI is InChI=1S/C21H33N3O/c1-17-5-7-20(8-6-17)9-12-22-15-18(2)21(16-22)24-11-4-10-23(13-14-24)19(3)25/h5-8,18,21H,4,9-16H2,1-3H3/t18-,21+/m1/s1. The van der Waals surface area contributed by atoms with E-state index in [0.29, 0.717) is 12.0 Å². The van der Waals surface area contributed by atoms with E-state index in [4.69, 9.17) is 0 Å². The molecule has 1 amide bonds. The Labute approximate surface area is 152 Å². The summed E-state index contributed by atoms with van der Waals surface area (Å²) in [4.78, 5) is 18.9. The topological polar surface area (TPSA) is 26.8 Å². The predicted molar refractivity (Wildman–Crippen MR) is 103 cm³/mol. The van der Waals surface area contributed by atoms with Gasteiger partial charge in [-0.25, -0.2) is 0 Å². The lowest BCUT2D eigenvalue weighted by Gasteiger charge is -2.30. The zero-order valence-electron chi connectivity index (χ0n) is 16.1. The van der Waals surface area contributed by atoms with Crippen LogP contribution in [0, 0.1) is 12.8 Å². The summed E-state index contributed by atoms with van der Waals surface area (Å²) in [6.45, 7) is 13.7. The highest BCUT2D eigenvalue weighted by molar-refractivity contribution is 5.73. The Morgan fingerprint density at radius 2 is 1.84 bits per heavy atom. The molecular formula is C21H33N3O. The van der Waals surface area contributed by atoms with Crippen molar-refractivity contribution >= 4 is 5.91 Å². The van der Waals surface area contributed by atoms with Crippen molar-refractivity contribution in [2.24, 2.45) is 5.92 Å². The molecule has 0 N–H and O–H groups in total. The van der Waals surface area contributed by atoms with E-state index in [1.165, 1.54) is 24.2 Å². The number of hydrogen-bond donors (Lipinski definition) is 0. The molecule has 0 radical (unpaired) electrons. The Morgan fingerprint density at radius 1 is 1.08 bits per heavy atom. The maximum absolute atomic E-state index is 11.6. The quantitative estimate of drug-likeness (QED) is 0.840. The number of aryl methyl sites for hydroxylation is 1. The van der Waals surface area contributed by atoms with Crippen LogP contribution >= 0.6 is 0 Å². The third-order valence-electron chi connectivity index (χ3n) is 5.93. The van der Waals surface area contributed by atoms with Crippen molar-refractivity contribution in [2.45, 2.75) is 39.7 Å². The van der Waals surface area contributed by atoms with E-state index in [-0.39, 0.29) is 5.91 Å². The predicted octanol–water partition coefficient (Wildman–Crippen LogP) is 2.41. The van der Waals surface area contributed by atoms with Crippen LogP contribution in [0.5, 0.6) is 0 Å². The van der Waals surface area contributed by atoms with Crippen molar-refractivity contribution in [3.05, 3.63) is 35.4 Å². The summed E-state index contributed by atoms with van der Waals surface area (Å²) < 4.78 is 0. The van der Waals surface area contributed by atoms with Gasteiger partial charge in [0.25, 0.3) is 0 Å². The average Bonchev–Trinajstić information content (AvgIpc) is 2.81. The van der Waals surface area contributed by atoms with E-state index in [1.54, 1.807) is 6.92 Å². The highest BCUT2D eigenvalue weighted by Crippen LogP contribution is 2.23. The van der Waals surface area contributed by atoms with Crippen molar-refractivity contribution in [3.63, 3.8) is 0 Å². The second-order valence-electron chi connectivity index (χ2n) is 7.94. The van der Waals surface area contributed by atoms with Crippen molar-refractivity contribution in [1.29, 1.82) is 0 Å². The largest absolute Gasteiger partial charge is 0.342 e. The fourth-order valence-corrected chi connectivity index (χ4v) is 4.33. The Balaban J connectivity index is 1.50. The molecule has 2 heterocycles. The summed E-state index contributed by atoms with van der Waals surface area (Å²) >= 11 is 0. The summed E-state index contributed by atoms with van der Waals surface area (Å²) in [6.07, 6.45) is 2.24. The Morgan fingerprint density at radius 3 is 2.56 bits per heavy atom. The third-order valence-corrected chi connectivity index (χ3v) is 5.93. The van der Waals surface area contributed by atoms with Gasteiger partial charge in [-0.2, -0.15) is 0 Å². The highest BCUT2D eigenvalue weighted by Gasteiger charge is 2.34. The second kappa shape index (κ2) is 8.33. The van der Waals surface area contributed by atoms with Crippen molar-refractivity contribution in [3.8, 4) is 0 Å². The Bertz CT molecular complexity index is 571. The van der Waals surface area contributed by atoms with E-state index < -0.39 is 0 Å². The molecule has 138 valence electrons. The molecule has 4 nitrogen and oxygen atoms in total. The Kier molecular flexibility index (Phi) is 6.13. The van der Waals surface area contributed by atoms with Gasteiger partial charge in [0.1, 0.15) is 0 Å². The van der Waals surface area contributed by atoms with Gasteiger partial charge in [-0.1, -0.05) is 36.8 Å². The number of carbonyl (C=O) groups is 1. The molecule has 2 saturated heterocycles. The van der Waals surface area contributed by atoms with Gasteiger partial charge < -0.3 is 9.80 Å². The molecule has 0 aromatic heterocycles. The van der Waals surface area contributed by atoms with Gasteiger partial charge in [0.15, 0.2) is 0 Å². The molecule has 2 aliphatic heterocycles. The summed E-state index contributed by atoms with van der Waals surface area (Å²) in [5, 5.41) is 0. The molecule has 2 atom stereocenters. The molecule has 0 saturated carbocycles. The Hall–Kier alpha value is -1.39. The number of carbonyl (C=O) groups excluding carboxylic acids is 1. The fourth-order valence-electron chi connectivity index (χ4n) is 4.33. The van der Waals surface area contributed by atoms with Gasteiger partial charge in [-0.3, -0.25) is 9.69 Å². The number of nitrogens with zero attached hydrogens (tertiary/aromatic N) is 3. The maximum Gasteiger partial charge on any atom is 0.219 e. The highest BCUT2D eigenvalue weighted by atomic mass is 16.2. The first kappa shape index (κ1) is 18.4. The maximum atomic E-state index is 11.6. The monoisotopic (exact) mass is 343 g/mol. The van der Waals surface area contributed by atoms with Gasteiger partial charge in [0, 0.05) is 58.8 Å². The van der Waals surface area contributed by atoms with Crippen LogP contribution in [0.2, 0.25) is 0 Å². The number of likely N-dealkylation sites (tertiary alicyclic amines) is 1. The molecule has 0 aliphatic carbocycles. The SMILES string of the molecule is CC(=O)N1CCCN([C@H]2CN(CCc3ccc(C)cc3)C[C@H]2C)CC1. The van der Waals surface area contributed by atoms with Crippen LogP contribution < -0.4 is 0 Å². The van der Waals surface area contributed by atoms with Gasteiger partial charge in [0.05, 0.1) is 0 Å². The molecule has 2 aliphatic rings. The third kappa shape index (κ3) is 4.83. The van der Waals surface area contributed by atoms with Crippen LogP contribution in [0.1, 0.15) is 31.4 Å². The van der Waals surface area contributed by atoms with Crippen LogP contribution in [0.15, 0.2) is 24.3 Å². The van der Waals surface area contributed by atoms with Crippen LogP contribution in [-0.4, -0.2) is 72.5 Å². The molecule has 2 fully saturated rings. The van der Waals surface area contributed by atoms with Crippen molar-refractivity contribution < 1.29 is 4.79 Å². The number of amides is 1. The smallest absolute Gasteiger partial charge is 0.219 e. The van der Waals surface area contributed by atoms with E-state index in [9.17, 15) is 4.79 Å². The van der Waals surface area contributed by atoms with Crippen LogP contribution in [0.25, 0.3) is 0 Å². The second-order valence-corrected chi connectivity index (χ2v) is 7.94. The van der Waals surface area contributed by atoms with Gasteiger partial charge in [-0.15, -0.1) is 0 Å². The van der Waals surface area contributed by atoms with Crippen LogP contribution in [-0.2, 0) is 11.2 Å². The summed E-state index contributed by atoms with van der Waals surface area (Å²) in [5.41, 5.74) is 2.77.